The molecule has 1 rings (SSSR count). The molecular weight excluding hydrogens is 144 g/mol. The van der Waals surface area contributed by atoms with Gasteiger partial charge in [0, 0.05) is 16.6 Å². The third kappa shape index (κ3) is 1.51. The lowest BCUT2D eigenvalue weighted by atomic mass is 10.2. The molecule has 2 N–H and O–H groups in total. The smallest absolute Gasteiger partial charge is 0.123 e. The average Bonchev–Trinajstić information content (AvgIpc) is 1.88. The summed E-state index contributed by atoms with van der Waals surface area (Å²) in [5.41, 5.74) is 6.33. The highest BCUT2D eigenvalue weighted by atomic mass is 32.1. The highest BCUT2D eigenvalue weighted by Gasteiger charge is 1.92. The van der Waals surface area contributed by atoms with Gasteiger partial charge < -0.3 is 5.73 Å². The summed E-state index contributed by atoms with van der Waals surface area (Å²) in [4.78, 5) is 4.73. The van der Waals surface area contributed by atoms with E-state index < -0.39 is 0 Å². The fourth-order valence-electron chi connectivity index (χ4n) is 0.614. The predicted molar refractivity (Wildman–Crippen MR) is 46.0 cm³/mol. The van der Waals surface area contributed by atoms with Crippen molar-refractivity contribution in [2.75, 3.05) is 5.73 Å². The fraction of sp³-hybridized carbons (Fsp3) is 0.143. The number of aromatic nitrogens is 1. The van der Waals surface area contributed by atoms with E-state index in [-0.39, 0.29) is 0 Å². The van der Waals surface area contributed by atoms with Crippen LogP contribution in [-0.4, -0.2) is 9.85 Å². The number of hydrogen-bond acceptors (Lipinski definition) is 3. The van der Waals surface area contributed by atoms with Crippen molar-refractivity contribution in [3.63, 3.8) is 0 Å². The molecule has 1 aromatic heterocycles. The Bertz CT molecular complexity index is 240. The third-order valence-corrected chi connectivity index (χ3v) is 1.43. The number of nitrogens with two attached hydrogens (primary N) is 1. The van der Waals surface area contributed by atoms with E-state index in [1.807, 2.05) is 13.0 Å². The maximum Gasteiger partial charge on any atom is 0.123 e. The van der Waals surface area contributed by atoms with Crippen molar-refractivity contribution in [1.29, 1.82) is 0 Å². The van der Waals surface area contributed by atoms with Gasteiger partial charge in [-0.25, -0.2) is 4.98 Å². The molecule has 10 heavy (non-hydrogen) atoms. The Labute approximate surface area is 65.1 Å². The van der Waals surface area contributed by atoms with Crippen molar-refractivity contribution in [3.8, 4) is 0 Å². The second-order valence-electron chi connectivity index (χ2n) is 2.03. The number of nitrogens with zero attached hydrogens (tertiary/aromatic N) is 1. The van der Waals surface area contributed by atoms with E-state index in [0.29, 0.717) is 5.82 Å². The normalized spacial score (nSPS) is 9.30. The molecule has 0 aliphatic carbocycles. The summed E-state index contributed by atoms with van der Waals surface area (Å²) >= 11 is 4.92. The van der Waals surface area contributed by atoms with Gasteiger partial charge in [0.25, 0.3) is 0 Å². The van der Waals surface area contributed by atoms with Gasteiger partial charge in [-0.3, -0.25) is 0 Å². The first-order chi connectivity index (χ1) is 4.70. The number of nitrogen functional groups attached to an aromatic ring is 1. The monoisotopic (exact) mass is 152 g/mol. The van der Waals surface area contributed by atoms with Crippen LogP contribution < -0.4 is 5.73 Å². The topological polar surface area (TPSA) is 38.9 Å². The van der Waals surface area contributed by atoms with Gasteiger partial charge >= 0.3 is 0 Å². The van der Waals surface area contributed by atoms with Crippen molar-refractivity contribution in [2.45, 2.75) is 6.92 Å². The first-order valence-corrected chi connectivity index (χ1v) is 3.33. The van der Waals surface area contributed by atoms with Gasteiger partial charge in [-0.05, 0) is 19.1 Å². The minimum Gasteiger partial charge on any atom is -0.384 e. The van der Waals surface area contributed by atoms with Crippen LogP contribution in [0.15, 0.2) is 18.3 Å². The summed E-state index contributed by atoms with van der Waals surface area (Å²) in [6, 6.07) is 3.61. The highest BCUT2D eigenvalue weighted by Crippen LogP contribution is 2.01. The molecule has 0 atom stereocenters. The van der Waals surface area contributed by atoms with Crippen molar-refractivity contribution >= 4 is 22.9 Å². The molecule has 0 amide bonds. The standard InChI is InChI=1S/C7H8N2S/c1-5(10)6-2-3-7(8)9-4-6/h2-4H,1H3,(H2,8,9). The summed E-state index contributed by atoms with van der Waals surface area (Å²) in [7, 11) is 0. The Morgan fingerprint density at radius 1 is 1.60 bits per heavy atom. The van der Waals surface area contributed by atoms with Gasteiger partial charge in [0.15, 0.2) is 0 Å². The second kappa shape index (κ2) is 2.75. The number of rotatable bonds is 1. The number of pyridine rings is 1. The molecule has 0 saturated heterocycles. The van der Waals surface area contributed by atoms with Crippen molar-refractivity contribution in [2.24, 2.45) is 0 Å². The van der Waals surface area contributed by atoms with Crippen LogP contribution in [0, 0.1) is 0 Å². The van der Waals surface area contributed by atoms with Crippen LogP contribution in [0.5, 0.6) is 0 Å². The van der Waals surface area contributed by atoms with E-state index >= 15 is 0 Å². The lowest BCUT2D eigenvalue weighted by molar-refractivity contribution is 1.33. The Hall–Kier alpha value is -0.960. The van der Waals surface area contributed by atoms with Gasteiger partial charge in [-0.2, -0.15) is 0 Å². The quantitative estimate of drug-likeness (QED) is 0.488. The number of anilines is 1. The molecular formula is C7H8N2S. The van der Waals surface area contributed by atoms with Crippen LogP contribution in [0.3, 0.4) is 0 Å². The van der Waals surface area contributed by atoms with Gasteiger partial charge in [-0.1, -0.05) is 12.2 Å². The third-order valence-electron chi connectivity index (χ3n) is 1.19. The molecule has 0 bridgehead atoms. The van der Waals surface area contributed by atoms with E-state index in [0.717, 1.165) is 10.4 Å². The molecule has 1 aromatic rings. The molecule has 0 saturated carbocycles. The Morgan fingerprint density at radius 3 is 2.70 bits per heavy atom. The maximum absolute atomic E-state index is 5.37. The van der Waals surface area contributed by atoms with Gasteiger partial charge in [0.2, 0.25) is 0 Å². The van der Waals surface area contributed by atoms with Crippen LogP contribution in [0.1, 0.15) is 12.5 Å². The summed E-state index contributed by atoms with van der Waals surface area (Å²) in [6.07, 6.45) is 1.68. The Morgan fingerprint density at radius 2 is 2.30 bits per heavy atom. The van der Waals surface area contributed by atoms with E-state index in [1.165, 1.54) is 0 Å². The van der Waals surface area contributed by atoms with E-state index in [9.17, 15) is 0 Å². The second-order valence-corrected chi connectivity index (χ2v) is 2.64. The lowest BCUT2D eigenvalue weighted by Gasteiger charge is -1.95. The van der Waals surface area contributed by atoms with E-state index in [1.54, 1.807) is 12.3 Å². The minimum absolute atomic E-state index is 0.528. The van der Waals surface area contributed by atoms with Crippen LogP contribution in [0.2, 0.25) is 0 Å². The van der Waals surface area contributed by atoms with Crippen LogP contribution in [-0.2, 0) is 0 Å². The van der Waals surface area contributed by atoms with Crippen LogP contribution in [0.4, 0.5) is 5.82 Å². The van der Waals surface area contributed by atoms with E-state index in [2.05, 4.69) is 4.98 Å². The van der Waals surface area contributed by atoms with Crippen LogP contribution >= 0.6 is 12.2 Å². The molecule has 3 heteroatoms. The Balaban J connectivity index is 3.00. The molecule has 0 aliphatic rings. The van der Waals surface area contributed by atoms with Gasteiger partial charge in [0.1, 0.15) is 5.82 Å². The SMILES string of the molecule is CC(=S)c1ccc(N)nc1. The zero-order chi connectivity index (χ0) is 7.56. The molecule has 0 fully saturated rings. The first-order valence-electron chi connectivity index (χ1n) is 2.92. The molecule has 52 valence electrons. The summed E-state index contributed by atoms with van der Waals surface area (Å²) in [6.45, 7) is 1.86. The van der Waals surface area contributed by atoms with Crippen molar-refractivity contribution < 1.29 is 0 Å². The van der Waals surface area contributed by atoms with Gasteiger partial charge in [-0.15, -0.1) is 0 Å². The molecule has 0 unspecified atom stereocenters. The zero-order valence-corrected chi connectivity index (χ0v) is 6.48. The molecule has 0 radical (unpaired) electrons. The van der Waals surface area contributed by atoms with Crippen LogP contribution in [0.25, 0.3) is 0 Å². The Kier molecular flexibility index (Phi) is 1.97. The first kappa shape index (κ1) is 7.15. The number of hydrogen-bond donors (Lipinski definition) is 1. The molecule has 2 nitrogen and oxygen atoms in total. The highest BCUT2D eigenvalue weighted by molar-refractivity contribution is 7.80. The summed E-state index contributed by atoms with van der Waals surface area (Å²) in [5, 5.41) is 0. The van der Waals surface area contributed by atoms with E-state index in [4.69, 9.17) is 18.0 Å². The molecule has 0 aliphatic heterocycles. The van der Waals surface area contributed by atoms with Crippen molar-refractivity contribution in [1.82, 2.24) is 4.98 Å². The molecule has 0 spiro atoms. The van der Waals surface area contributed by atoms with Crippen molar-refractivity contribution in [3.05, 3.63) is 23.9 Å². The summed E-state index contributed by atoms with van der Waals surface area (Å²) in [5.74, 6) is 0.528. The fourth-order valence-corrected chi connectivity index (χ4v) is 0.734. The average molecular weight is 152 g/mol. The zero-order valence-electron chi connectivity index (χ0n) is 5.66. The minimum atomic E-state index is 0.528. The molecule has 0 aromatic carbocycles. The predicted octanol–water partition coefficient (Wildman–Crippen LogP) is 1.40. The lowest BCUT2D eigenvalue weighted by Crippen LogP contribution is -1.94. The maximum atomic E-state index is 5.37. The largest absolute Gasteiger partial charge is 0.384 e. The molecule has 1 heterocycles. The van der Waals surface area contributed by atoms with Gasteiger partial charge in [0.05, 0.1) is 0 Å². The number of thiocarbonyl (C=S) groups is 1. The summed E-state index contributed by atoms with van der Waals surface area (Å²) < 4.78 is 0.